The zero-order chi connectivity index (χ0) is 19.2. The highest BCUT2D eigenvalue weighted by atomic mass is 32.1. The van der Waals surface area contributed by atoms with Gasteiger partial charge in [0, 0.05) is 10.9 Å². The number of benzene rings is 2. The minimum atomic E-state index is -0.564. The Balaban J connectivity index is 1.78. The largest absolute Gasteiger partial charge is 0.487 e. The normalized spacial score (nSPS) is 10.3. The molecule has 3 rings (SSSR count). The Kier molecular flexibility index (Phi) is 5.83. The number of carbonyl (C=O) groups excluding carboxylic acids is 2. The van der Waals surface area contributed by atoms with Crippen molar-refractivity contribution in [3.05, 3.63) is 70.7 Å². The van der Waals surface area contributed by atoms with Crippen molar-refractivity contribution in [2.75, 3.05) is 14.2 Å². The summed E-state index contributed by atoms with van der Waals surface area (Å²) in [6, 6.07) is 14.3. The van der Waals surface area contributed by atoms with Gasteiger partial charge in [0.05, 0.1) is 31.0 Å². The van der Waals surface area contributed by atoms with Crippen molar-refractivity contribution < 1.29 is 23.8 Å². The van der Waals surface area contributed by atoms with Gasteiger partial charge in [0.15, 0.2) is 0 Å². The predicted molar refractivity (Wildman–Crippen MR) is 101 cm³/mol. The summed E-state index contributed by atoms with van der Waals surface area (Å²) in [5.41, 5.74) is 2.20. The third-order valence-electron chi connectivity index (χ3n) is 3.71. The molecule has 27 heavy (non-hydrogen) atoms. The van der Waals surface area contributed by atoms with Crippen LogP contribution in [-0.2, 0) is 16.1 Å². The average Bonchev–Trinajstić information content (AvgIpc) is 3.20. The number of methoxy groups -OCH3 is 2. The lowest BCUT2D eigenvalue weighted by atomic mass is 10.1. The molecule has 138 valence electrons. The molecule has 7 heteroatoms. The van der Waals surface area contributed by atoms with Gasteiger partial charge in [-0.25, -0.2) is 14.6 Å². The van der Waals surface area contributed by atoms with Gasteiger partial charge in [-0.2, -0.15) is 0 Å². The highest BCUT2D eigenvalue weighted by Crippen LogP contribution is 2.25. The predicted octanol–water partition coefficient (Wildman–Crippen LogP) is 3.96. The van der Waals surface area contributed by atoms with Crippen LogP contribution in [0.15, 0.2) is 53.9 Å². The number of nitrogens with zero attached hydrogens (tertiary/aromatic N) is 1. The lowest BCUT2D eigenvalue weighted by Crippen LogP contribution is -2.08. The maximum Gasteiger partial charge on any atom is 0.338 e. The van der Waals surface area contributed by atoms with Crippen LogP contribution in [0.25, 0.3) is 10.6 Å². The van der Waals surface area contributed by atoms with Crippen LogP contribution < -0.4 is 4.74 Å². The Morgan fingerprint density at radius 1 is 0.963 bits per heavy atom. The maximum absolute atomic E-state index is 11.8. The number of hydrogen-bond donors (Lipinski definition) is 0. The fourth-order valence-electron chi connectivity index (χ4n) is 2.40. The summed E-state index contributed by atoms with van der Waals surface area (Å²) >= 11 is 1.52. The minimum Gasteiger partial charge on any atom is -0.487 e. The zero-order valence-electron chi connectivity index (χ0n) is 14.8. The molecule has 0 aliphatic heterocycles. The molecule has 0 aliphatic rings. The first-order valence-electron chi connectivity index (χ1n) is 8.05. The number of aromatic nitrogens is 1. The fraction of sp³-hybridized carbons (Fsp3) is 0.150. The molecule has 1 heterocycles. The van der Waals surface area contributed by atoms with Crippen molar-refractivity contribution in [2.45, 2.75) is 6.61 Å². The van der Waals surface area contributed by atoms with Crippen LogP contribution in [-0.4, -0.2) is 31.1 Å². The molecule has 0 saturated carbocycles. The topological polar surface area (TPSA) is 74.7 Å². The van der Waals surface area contributed by atoms with E-state index in [0.29, 0.717) is 5.75 Å². The molecule has 0 spiro atoms. The number of thiazole rings is 1. The van der Waals surface area contributed by atoms with Gasteiger partial charge in [0.25, 0.3) is 0 Å². The smallest absolute Gasteiger partial charge is 0.338 e. The first-order chi connectivity index (χ1) is 13.1. The van der Waals surface area contributed by atoms with E-state index in [-0.39, 0.29) is 17.7 Å². The van der Waals surface area contributed by atoms with E-state index in [1.54, 1.807) is 0 Å². The third-order valence-corrected chi connectivity index (χ3v) is 4.65. The maximum atomic E-state index is 11.8. The van der Waals surface area contributed by atoms with E-state index in [0.717, 1.165) is 16.3 Å². The van der Waals surface area contributed by atoms with Gasteiger partial charge in [-0.3, -0.25) is 0 Å². The molecule has 0 fully saturated rings. The van der Waals surface area contributed by atoms with Gasteiger partial charge in [-0.15, -0.1) is 11.3 Å². The number of hydrogen-bond acceptors (Lipinski definition) is 7. The van der Waals surface area contributed by atoms with E-state index in [1.807, 2.05) is 35.7 Å². The van der Waals surface area contributed by atoms with Crippen LogP contribution in [0.1, 0.15) is 26.4 Å². The first kappa shape index (κ1) is 18.6. The Bertz CT molecular complexity index is 918. The highest BCUT2D eigenvalue weighted by molar-refractivity contribution is 7.13. The van der Waals surface area contributed by atoms with Crippen LogP contribution in [0.5, 0.6) is 5.75 Å². The molecule has 0 unspecified atom stereocenters. The molecule has 0 amide bonds. The molecule has 6 nitrogen and oxygen atoms in total. The van der Waals surface area contributed by atoms with Gasteiger partial charge in [-0.05, 0) is 18.2 Å². The summed E-state index contributed by atoms with van der Waals surface area (Å²) in [5, 5.41) is 2.81. The van der Waals surface area contributed by atoms with Crippen molar-refractivity contribution in [1.29, 1.82) is 0 Å². The van der Waals surface area contributed by atoms with Crippen LogP contribution in [0.2, 0.25) is 0 Å². The second-order valence-corrected chi connectivity index (χ2v) is 6.39. The summed E-state index contributed by atoms with van der Waals surface area (Å²) in [6.45, 7) is 0.203. The van der Waals surface area contributed by atoms with Gasteiger partial charge >= 0.3 is 11.9 Å². The average molecular weight is 383 g/mol. The van der Waals surface area contributed by atoms with E-state index in [2.05, 4.69) is 4.98 Å². The molecular formula is C20H17NO5S. The van der Waals surface area contributed by atoms with E-state index in [1.165, 1.54) is 43.8 Å². The van der Waals surface area contributed by atoms with Crippen molar-refractivity contribution in [3.63, 3.8) is 0 Å². The van der Waals surface area contributed by atoms with E-state index in [9.17, 15) is 9.59 Å². The van der Waals surface area contributed by atoms with Gasteiger partial charge in [-0.1, -0.05) is 30.3 Å². The summed E-state index contributed by atoms with van der Waals surface area (Å²) in [7, 11) is 2.54. The lowest BCUT2D eigenvalue weighted by Gasteiger charge is -2.09. The minimum absolute atomic E-state index is 0.203. The zero-order valence-corrected chi connectivity index (χ0v) is 15.6. The molecular weight excluding hydrogens is 366 g/mol. The first-order valence-corrected chi connectivity index (χ1v) is 8.93. The van der Waals surface area contributed by atoms with Crippen LogP contribution in [0, 0.1) is 0 Å². The van der Waals surface area contributed by atoms with E-state index < -0.39 is 11.9 Å². The van der Waals surface area contributed by atoms with E-state index >= 15 is 0 Å². The monoisotopic (exact) mass is 383 g/mol. The molecule has 0 aliphatic carbocycles. The van der Waals surface area contributed by atoms with Crippen molar-refractivity contribution in [1.82, 2.24) is 4.98 Å². The molecule has 0 radical (unpaired) electrons. The third kappa shape index (κ3) is 4.51. The van der Waals surface area contributed by atoms with Crippen molar-refractivity contribution in [3.8, 4) is 16.3 Å². The standard InChI is InChI=1S/C20H17NO5S/c1-24-19(22)14-8-15(20(23)25-2)10-17(9-14)26-11-16-12-27-18(21-16)13-6-4-3-5-7-13/h3-10,12H,11H2,1-2H3. The molecule has 0 N–H and O–H groups in total. The van der Waals surface area contributed by atoms with Gasteiger partial charge in [0.2, 0.25) is 0 Å². The lowest BCUT2D eigenvalue weighted by molar-refractivity contribution is 0.0598. The van der Waals surface area contributed by atoms with Crippen molar-refractivity contribution in [2.24, 2.45) is 0 Å². The molecule has 1 aromatic heterocycles. The quantitative estimate of drug-likeness (QED) is 0.600. The Labute approximate surface area is 160 Å². The number of ether oxygens (including phenoxy) is 3. The Morgan fingerprint density at radius 3 is 2.19 bits per heavy atom. The second-order valence-electron chi connectivity index (χ2n) is 5.53. The molecule has 2 aromatic carbocycles. The molecule has 0 atom stereocenters. The Hall–Kier alpha value is -3.19. The summed E-state index contributed by atoms with van der Waals surface area (Å²) in [4.78, 5) is 28.2. The molecule has 0 saturated heterocycles. The van der Waals surface area contributed by atoms with Gasteiger partial charge < -0.3 is 14.2 Å². The van der Waals surface area contributed by atoms with Crippen LogP contribution >= 0.6 is 11.3 Å². The highest BCUT2D eigenvalue weighted by Gasteiger charge is 2.15. The fourth-order valence-corrected chi connectivity index (χ4v) is 3.21. The SMILES string of the molecule is COC(=O)c1cc(OCc2csc(-c3ccccc3)n2)cc(C(=O)OC)c1. The Morgan fingerprint density at radius 2 is 1.59 bits per heavy atom. The number of esters is 2. The molecule has 0 bridgehead atoms. The van der Waals surface area contributed by atoms with Crippen molar-refractivity contribution >= 4 is 23.3 Å². The number of rotatable bonds is 6. The van der Waals surface area contributed by atoms with Gasteiger partial charge in [0.1, 0.15) is 17.4 Å². The number of carbonyl (C=O) groups is 2. The molecule has 3 aromatic rings. The van der Waals surface area contributed by atoms with Crippen LogP contribution in [0.3, 0.4) is 0 Å². The summed E-state index contributed by atoms with van der Waals surface area (Å²) in [5.74, 6) is -0.774. The second kappa shape index (κ2) is 8.46. The summed E-state index contributed by atoms with van der Waals surface area (Å²) in [6.07, 6.45) is 0. The van der Waals surface area contributed by atoms with Crippen LogP contribution in [0.4, 0.5) is 0 Å². The van der Waals surface area contributed by atoms with E-state index in [4.69, 9.17) is 14.2 Å². The summed E-state index contributed by atoms with van der Waals surface area (Å²) < 4.78 is 15.2.